The van der Waals surface area contributed by atoms with Crippen LogP contribution in [0.2, 0.25) is 0 Å². The number of nitrogens with one attached hydrogen (secondary N) is 1. The van der Waals surface area contributed by atoms with Gasteiger partial charge in [-0.3, -0.25) is 19.3 Å². The fraction of sp³-hybridized carbons (Fsp3) is 0.321. The molecule has 6 rings (SSSR count). The lowest BCUT2D eigenvalue weighted by molar-refractivity contribution is -0.147. The number of rotatable bonds is 5. The van der Waals surface area contributed by atoms with Gasteiger partial charge in [-0.2, -0.15) is 0 Å². The molecule has 2 saturated carbocycles. The maximum Gasteiger partial charge on any atom is 0.248 e. The zero-order valence-corrected chi connectivity index (χ0v) is 18.3. The van der Waals surface area contributed by atoms with E-state index in [1.54, 1.807) is 0 Å². The van der Waals surface area contributed by atoms with Crippen molar-refractivity contribution in [1.29, 1.82) is 0 Å². The van der Waals surface area contributed by atoms with Crippen LogP contribution in [-0.2, 0) is 20.8 Å². The molecule has 2 bridgehead atoms. The zero-order chi connectivity index (χ0) is 22.5. The number of hydrogen-bond acceptors (Lipinski definition) is 3. The van der Waals surface area contributed by atoms with Gasteiger partial charge in [0.1, 0.15) is 6.04 Å². The molecule has 166 valence electrons. The molecule has 0 radical (unpaired) electrons. The minimum atomic E-state index is -0.864. The molecule has 33 heavy (non-hydrogen) atoms. The fourth-order valence-electron chi connectivity index (χ4n) is 6.43. The van der Waals surface area contributed by atoms with Crippen molar-refractivity contribution >= 4 is 34.2 Å². The van der Waals surface area contributed by atoms with E-state index < -0.39 is 6.04 Å². The highest BCUT2D eigenvalue weighted by molar-refractivity contribution is 6.12. The average molecular weight is 439 g/mol. The number of nitrogens with zero attached hydrogens (tertiary/aromatic N) is 1. The van der Waals surface area contributed by atoms with Crippen molar-refractivity contribution in [2.75, 3.05) is 5.32 Å². The lowest BCUT2D eigenvalue weighted by Gasteiger charge is -2.27. The molecule has 3 aromatic carbocycles. The van der Waals surface area contributed by atoms with E-state index in [9.17, 15) is 14.4 Å². The van der Waals surface area contributed by atoms with E-state index in [2.05, 4.69) is 5.32 Å². The molecule has 0 aromatic heterocycles. The SMILES string of the molecule is O=C(Nc1cccc2ccccc12)[C@@H](Cc1ccccc1)N1C(=O)[C@H]2[C@@H]3CC[C@@H](C3)[C@@H]2C1=O. The van der Waals surface area contributed by atoms with Crippen molar-refractivity contribution in [2.24, 2.45) is 23.7 Å². The first-order valence-corrected chi connectivity index (χ1v) is 11.8. The number of benzene rings is 3. The molecule has 1 N–H and O–H groups in total. The van der Waals surface area contributed by atoms with Gasteiger partial charge < -0.3 is 5.32 Å². The number of hydrogen-bond donors (Lipinski definition) is 1. The van der Waals surface area contributed by atoms with E-state index >= 15 is 0 Å². The number of carbonyl (C=O) groups is 3. The molecule has 3 aromatic rings. The third-order valence-corrected chi connectivity index (χ3v) is 7.90. The molecule has 5 atom stereocenters. The van der Waals surface area contributed by atoms with Crippen LogP contribution >= 0.6 is 0 Å². The van der Waals surface area contributed by atoms with Gasteiger partial charge in [-0.1, -0.05) is 66.7 Å². The van der Waals surface area contributed by atoms with Crippen LogP contribution in [0.1, 0.15) is 24.8 Å². The van der Waals surface area contributed by atoms with Gasteiger partial charge >= 0.3 is 0 Å². The van der Waals surface area contributed by atoms with Crippen LogP contribution in [0.15, 0.2) is 72.8 Å². The maximum atomic E-state index is 13.7. The van der Waals surface area contributed by atoms with Crippen molar-refractivity contribution in [3.05, 3.63) is 78.4 Å². The van der Waals surface area contributed by atoms with Gasteiger partial charge in [-0.25, -0.2) is 0 Å². The summed E-state index contributed by atoms with van der Waals surface area (Å²) in [5.41, 5.74) is 1.62. The topological polar surface area (TPSA) is 66.5 Å². The van der Waals surface area contributed by atoms with Crippen LogP contribution in [0.4, 0.5) is 5.69 Å². The number of likely N-dealkylation sites (tertiary alicyclic amines) is 1. The second kappa shape index (κ2) is 7.84. The molecular weight excluding hydrogens is 412 g/mol. The molecule has 5 nitrogen and oxygen atoms in total. The van der Waals surface area contributed by atoms with Gasteiger partial charge in [0, 0.05) is 17.5 Å². The first kappa shape index (κ1) is 20.2. The molecular formula is C28H26N2O3. The Morgan fingerprint density at radius 2 is 1.48 bits per heavy atom. The van der Waals surface area contributed by atoms with E-state index in [0.29, 0.717) is 23.9 Å². The normalized spacial score (nSPS) is 26.6. The van der Waals surface area contributed by atoms with E-state index in [1.165, 1.54) is 4.90 Å². The summed E-state index contributed by atoms with van der Waals surface area (Å²) < 4.78 is 0. The van der Waals surface area contributed by atoms with Gasteiger partial charge in [-0.05, 0) is 48.1 Å². The Balaban J connectivity index is 1.35. The Labute approximate surface area is 192 Å². The second-order valence-electron chi connectivity index (χ2n) is 9.65. The fourth-order valence-corrected chi connectivity index (χ4v) is 6.43. The minimum Gasteiger partial charge on any atom is -0.324 e. The second-order valence-corrected chi connectivity index (χ2v) is 9.65. The van der Waals surface area contributed by atoms with Crippen LogP contribution in [0.25, 0.3) is 10.8 Å². The third-order valence-electron chi connectivity index (χ3n) is 7.90. The summed E-state index contributed by atoms with van der Waals surface area (Å²) in [6.07, 6.45) is 3.32. The molecule has 3 fully saturated rings. The minimum absolute atomic E-state index is 0.147. The summed E-state index contributed by atoms with van der Waals surface area (Å²) in [7, 11) is 0. The zero-order valence-electron chi connectivity index (χ0n) is 18.3. The Bertz CT molecular complexity index is 1220. The molecule has 1 aliphatic heterocycles. The van der Waals surface area contributed by atoms with Crippen LogP contribution in [0.5, 0.6) is 0 Å². The maximum absolute atomic E-state index is 13.7. The number of fused-ring (bicyclic) bond motifs is 6. The van der Waals surface area contributed by atoms with Crippen LogP contribution in [-0.4, -0.2) is 28.7 Å². The Morgan fingerprint density at radius 3 is 2.21 bits per heavy atom. The molecule has 3 aliphatic rings. The quantitative estimate of drug-likeness (QED) is 0.600. The Hall–Kier alpha value is -3.47. The van der Waals surface area contributed by atoms with E-state index in [4.69, 9.17) is 0 Å². The van der Waals surface area contributed by atoms with Gasteiger partial charge in [0.15, 0.2) is 0 Å². The standard InChI is InChI=1S/C28H26N2O3/c31-26(29-22-12-6-10-18-9-4-5-11-21(18)22)23(15-17-7-2-1-3-8-17)30-27(32)24-19-13-14-20(16-19)25(24)28(30)33/h1-12,19-20,23-25H,13-16H2,(H,29,31)/t19-,20+,23-,24+,25+/m1/s1. The average Bonchev–Trinajstić information content (AvgIpc) is 3.52. The smallest absolute Gasteiger partial charge is 0.248 e. The van der Waals surface area contributed by atoms with Crippen molar-refractivity contribution in [3.8, 4) is 0 Å². The lowest BCUT2D eigenvalue weighted by Crippen LogP contribution is -2.49. The molecule has 3 amide bonds. The summed E-state index contributed by atoms with van der Waals surface area (Å²) in [6.45, 7) is 0. The highest BCUT2D eigenvalue weighted by Gasteiger charge is 2.62. The number of anilines is 1. The highest BCUT2D eigenvalue weighted by Crippen LogP contribution is 2.56. The molecule has 0 unspecified atom stereocenters. The predicted octanol–water partition coefficient (Wildman–Crippen LogP) is 4.42. The first-order valence-electron chi connectivity index (χ1n) is 11.8. The molecule has 1 saturated heterocycles. The van der Waals surface area contributed by atoms with Gasteiger partial charge in [0.2, 0.25) is 17.7 Å². The molecule has 0 spiro atoms. The van der Waals surface area contributed by atoms with E-state index in [1.807, 2.05) is 72.8 Å². The Kier molecular flexibility index (Phi) is 4.79. The Morgan fingerprint density at radius 1 is 0.848 bits per heavy atom. The summed E-state index contributed by atoms with van der Waals surface area (Å²) in [5, 5.41) is 5.00. The summed E-state index contributed by atoms with van der Waals surface area (Å²) >= 11 is 0. The van der Waals surface area contributed by atoms with Crippen molar-refractivity contribution < 1.29 is 14.4 Å². The van der Waals surface area contributed by atoms with E-state index in [0.717, 1.165) is 35.6 Å². The van der Waals surface area contributed by atoms with Crippen LogP contribution < -0.4 is 5.32 Å². The van der Waals surface area contributed by atoms with Crippen LogP contribution in [0, 0.1) is 23.7 Å². The first-order chi connectivity index (χ1) is 16.1. The number of carbonyl (C=O) groups excluding carboxylic acids is 3. The highest BCUT2D eigenvalue weighted by atomic mass is 16.2. The summed E-state index contributed by atoms with van der Waals surface area (Å²) in [6, 6.07) is 22.4. The van der Waals surface area contributed by atoms with Crippen molar-refractivity contribution in [2.45, 2.75) is 31.7 Å². The molecule has 5 heteroatoms. The largest absolute Gasteiger partial charge is 0.324 e. The number of imide groups is 1. The van der Waals surface area contributed by atoms with Crippen molar-refractivity contribution in [1.82, 2.24) is 4.90 Å². The summed E-state index contributed by atoms with van der Waals surface area (Å²) in [5.74, 6) is -0.499. The summed E-state index contributed by atoms with van der Waals surface area (Å²) in [4.78, 5) is 42.0. The van der Waals surface area contributed by atoms with Gasteiger partial charge in [0.25, 0.3) is 0 Å². The number of amides is 3. The van der Waals surface area contributed by atoms with E-state index in [-0.39, 0.29) is 29.6 Å². The molecule has 2 aliphatic carbocycles. The molecule has 1 heterocycles. The van der Waals surface area contributed by atoms with Crippen molar-refractivity contribution in [3.63, 3.8) is 0 Å². The van der Waals surface area contributed by atoms with Crippen LogP contribution in [0.3, 0.4) is 0 Å². The third kappa shape index (κ3) is 3.26. The van der Waals surface area contributed by atoms with Gasteiger partial charge in [0.05, 0.1) is 11.8 Å². The van der Waals surface area contributed by atoms with Gasteiger partial charge in [-0.15, -0.1) is 0 Å². The predicted molar refractivity (Wildman–Crippen MR) is 126 cm³/mol. The monoisotopic (exact) mass is 438 g/mol. The lowest BCUT2D eigenvalue weighted by atomic mass is 9.81.